The minimum atomic E-state index is -0.362. The summed E-state index contributed by atoms with van der Waals surface area (Å²) in [6.45, 7) is 0.292. The van der Waals surface area contributed by atoms with Crippen LogP contribution in [0.2, 0.25) is 0 Å². The van der Waals surface area contributed by atoms with Gasteiger partial charge in [-0.15, -0.1) is 0 Å². The average molecular weight is 258 g/mol. The van der Waals surface area contributed by atoms with E-state index in [4.69, 9.17) is 5.73 Å². The smallest absolute Gasteiger partial charge is 0.347 e. The van der Waals surface area contributed by atoms with E-state index in [9.17, 15) is 9.59 Å². The van der Waals surface area contributed by atoms with E-state index in [1.54, 1.807) is 36.5 Å². The van der Waals surface area contributed by atoms with Crippen LogP contribution in [0.25, 0.3) is 0 Å². The summed E-state index contributed by atoms with van der Waals surface area (Å²) in [5.41, 5.74) is 6.48. The Morgan fingerprint density at radius 3 is 2.95 bits per heavy atom. The lowest BCUT2D eigenvalue weighted by Crippen LogP contribution is -2.24. The zero-order valence-corrected chi connectivity index (χ0v) is 10.2. The molecule has 6 heteroatoms. The largest absolute Gasteiger partial charge is 0.399 e. The zero-order valence-electron chi connectivity index (χ0n) is 10.2. The molecular formula is C13H14N4O2. The van der Waals surface area contributed by atoms with Crippen LogP contribution < -0.4 is 16.7 Å². The van der Waals surface area contributed by atoms with Crippen LogP contribution in [-0.2, 0) is 11.3 Å². The summed E-state index contributed by atoms with van der Waals surface area (Å²) in [4.78, 5) is 26.7. The predicted octanol–water partition coefficient (Wildman–Crippen LogP) is 0.854. The number of benzene rings is 1. The van der Waals surface area contributed by atoms with Crippen LogP contribution in [0.1, 0.15) is 6.42 Å². The van der Waals surface area contributed by atoms with Gasteiger partial charge in [-0.25, -0.2) is 9.78 Å². The van der Waals surface area contributed by atoms with Crippen molar-refractivity contribution >= 4 is 17.3 Å². The van der Waals surface area contributed by atoms with E-state index in [1.807, 2.05) is 0 Å². The SMILES string of the molecule is Nc1cccc(NC(=O)CCn2cccnc2=O)c1. The Labute approximate surface area is 109 Å². The van der Waals surface area contributed by atoms with E-state index in [0.29, 0.717) is 17.9 Å². The van der Waals surface area contributed by atoms with Crippen LogP contribution in [0.3, 0.4) is 0 Å². The number of carbonyl (C=O) groups is 1. The number of nitrogens with two attached hydrogens (primary N) is 1. The molecule has 0 saturated heterocycles. The molecule has 2 rings (SSSR count). The number of nitrogen functional groups attached to an aromatic ring is 1. The molecule has 1 amide bonds. The number of hydrogen-bond donors (Lipinski definition) is 2. The van der Waals surface area contributed by atoms with Crippen LogP contribution in [0.4, 0.5) is 11.4 Å². The first-order valence-electron chi connectivity index (χ1n) is 5.82. The Hall–Kier alpha value is -2.63. The van der Waals surface area contributed by atoms with Gasteiger partial charge in [0.25, 0.3) is 0 Å². The Kier molecular flexibility index (Phi) is 3.92. The molecule has 0 atom stereocenters. The zero-order chi connectivity index (χ0) is 13.7. The van der Waals surface area contributed by atoms with Crippen molar-refractivity contribution in [3.05, 3.63) is 53.2 Å². The first-order chi connectivity index (χ1) is 9.15. The molecule has 3 N–H and O–H groups in total. The number of carbonyl (C=O) groups excluding carboxylic acids is 1. The number of hydrogen-bond acceptors (Lipinski definition) is 4. The van der Waals surface area contributed by atoms with Crippen molar-refractivity contribution in [2.45, 2.75) is 13.0 Å². The monoisotopic (exact) mass is 258 g/mol. The predicted molar refractivity (Wildman–Crippen MR) is 72.6 cm³/mol. The first-order valence-corrected chi connectivity index (χ1v) is 5.82. The maximum atomic E-state index is 11.7. The molecule has 0 radical (unpaired) electrons. The molecule has 1 aromatic heterocycles. The first kappa shape index (κ1) is 12.8. The van der Waals surface area contributed by atoms with Crippen molar-refractivity contribution in [2.75, 3.05) is 11.1 Å². The number of nitrogens with one attached hydrogen (secondary N) is 1. The lowest BCUT2D eigenvalue weighted by atomic mass is 10.2. The summed E-state index contributed by atoms with van der Waals surface area (Å²) in [7, 11) is 0. The quantitative estimate of drug-likeness (QED) is 0.796. The second-order valence-corrected chi connectivity index (χ2v) is 4.02. The molecule has 98 valence electrons. The van der Waals surface area contributed by atoms with E-state index in [2.05, 4.69) is 10.3 Å². The molecule has 0 spiro atoms. The van der Waals surface area contributed by atoms with Crippen LogP contribution in [-0.4, -0.2) is 15.5 Å². The fraction of sp³-hybridized carbons (Fsp3) is 0.154. The molecule has 1 heterocycles. The molecule has 0 fully saturated rings. The van der Waals surface area contributed by atoms with E-state index in [1.165, 1.54) is 10.8 Å². The van der Waals surface area contributed by atoms with Crippen molar-refractivity contribution < 1.29 is 4.79 Å². The van der Waals surface area contributed by atoms with Crippen LogP contribution in [0.15, 0.2) is 47.5 Å². The molecule has 0 unspecified atom stereocenters. The van der Waals surface area contributed by atoms with Gasteiger partial charge in [0, 0.05) is 36.7 Å². The third-order valence-electron chi connectivity index (χ3n) is 2.53. The van der Waals surface area contributed by atoms with Crippen molar-refractivity contribution in [3.8, 4) is 0 Å². The highest BCUT2D eigenvalue weighted by molar-refractivity contribution is 5.91. The van der Waals surface area contributed by atoms with Crippen molar-refractivity contribution in [2.24, 2.45) is 0 Å². The highest BCUT2D eigenvalue weighted by atomic mass is 16.2. The average Bonchev–Trinajstić information content (AvgIpc) is 2.38. The maximum absolute atomic E-state index is 11.7. The summed E-state index contributed by atoms with van der Waals surface area (Å²) in [6.07, 6.45) is 3.22. The third-order valence-corrected chi connectivity index (χ3v) is 2.53. The highest BCUT2D eigenvalue weighted by Gasteiger charge is 2.04. The molecule has 0 aliphatic heterocycles. The minimum Gasteiger partial charge on any atom is -0.399 e. The van der Waals surface area contributed by atoms with Gasteiger partial charge in [0.2, 0.25) is 5.91 Å². The summed E-state index contributed by atoms with van der Waals surface area (Å²) < 4.78 is 1.39. The highest BCUT2D eigenvalue weighted by Crippen LogP contribution is 2.11. The topological polar surface area (TPSA) is 90.0 Å². The van der Waals surface area contributed by atoms with Gasteiger partial charge >= 0.3 is 5.69 Å². The van der Waals surface area contributed by atoms with E-state index >= 15 is 0 Å². The minimum absolute atomic E-state index is 0.179. The van der Waals surface area contributed by atoms with Crippen molar-refractivity contribution in [1.29, 1.82) is 0 Å². The number of rotatable bonds is 4. The Bertz CT molecular complexity index is 636. The fourth-order valence-corrected chi connectivity index (χ4v) is 1.62. The van der Waals surface area contributed by atoms with Gasteiger partial charge in [-0.1, -0.05) is 6.07 Å². The van der Waals surface area contributed by atoms with Gasteiger partial charge in [0.15, 0.2) is 0 Å². The summed E-state index contributed by atoms with van der Waals surface area (Å²) in [5.74, 6) is -0.179. The summed E-state index contributed by atoms with van der Waals surface area (Å²) >= 11 is 0. The summed E-state index contributed by atoms with van der Waals surface area (Å²) in [6, 6.07) is 8.58. The third kappa shape index (κ3) is 3.67. The summed E-state index contributed by atoms with van der Waals surface area (Å²) in [5, 5.41) is 2.72. The van der Waals surface area contributed by atoms with E-state index in [0.717, 1.165) is 0 Å². The van der Waals surface area contributed by atoms with Gasteiger partial charge in [-0.2, -0.15) is 0 Å². The Morgan fingerprint density at radius 2 is 2.21 bits per heavy atom. The number of anilines is 2. The number of aromatic nitrogens is 2. The van der Waals surface area contributed by atoms with E-state index < -0.39 is 0 Å². The molecule has 6 nitrogen and oxygen atoms in total. The molecule has 19 heavy (non-hydrogen) atoms. The standard InChI is InChI=1S/C13H14N4O2/c14-10-3-1-4-11(9-10)16-12(18)5-8-17-7-2-6-15-13(17)19/h1-4,6-7,9H,5,8,14H2,(H,16,18). The van der Waals surface area contributed by atoms with Crippen molar-refractivity contribution in [3.63, 3.8) is 0 Å². The van der Waals surface area contributed by atoms with Gasteiger partial charge < -0.3 is 11.1 Å². The van der Waals surface area contributed by atoms with E-state index in [-0.39, 0.29) is 18.0 Å². The normalized spacial score (nSPS) is 10.1. The molecule has 0 saturated carbocycles. The molecule has 1 aromatic carbocycles. The van der Waals surface area contributed by atoms with Crippen LogP contribution >= 0.6 is 0 Å². The van der Waals surface area contributed by atoms with Gasteiger partial charge in [-0.05, 0) is 24.3 Å². The second-order valence-electron chi connectivity index (χ2n) is 4.02. The lowest BCUT2D eigenvalue weighted by molar-refractivity contribution is -0.116. The van der Waals surface area contributed by atoms with Gasteiger partial charge in [0.1, 0.15) is 0 Å². The van der Waals surface area contributed by atoms with Crippen LogP contribution in [0.5, 0.6) is 0 Å². The Morgan fingerprint density at radius 1 is 1.37 bits per heavy atom. The molecule has 0 aliphatic rings. The molecule has 0 aliphatic carbocycles. The van der Waals surface area contributed by atoms with Crippen LogP contribution in [0, 0.1) is 0 Å². The maximum Gasteiger partial charge on any atom is 0.347 e. The Balaban J connectivity index is 1.92. The van der Waals surface area contributed by atoms with Gasteiger partial charge in [0.05, 0.1) is 0 Å². The number of amides is 1. The molecule has 0 bridgehead atoms. The molecular weight excluding hydrogens is 244 g/mol. The molecule has 2 aromatic rings. The number of aryl methyl sites for hydroxylation is 1. The number of nitrogens with zero attached hydrogens (tertiary/aromatic N) is 2. The fourth-order valence-electron chi connectivity index (χ4n) is 1.62. The second kappa shape index (κ2) is 5.81. The van der Waals surface area contributed by atoms with Crippen molar-refractivity contribution in [1.82, 2.24) is 9.55 Å². The van der Waals surface area contributed by atoms with Gasteiger partial charge in [-0.3, -0.25) is 9.36 Å². The lowest BCUT2D eigenvalue weighted by Gasteiger charge is -2.07.